The number of likely N-dealkylation sites (tertiary alicyclic amines) is 1. The second-order valence-electron chi connectivity index (χ2n) is 7.86. The molecule has 2 aliphatic carbocycles. The highest BCUT2D eigenvalue weighted by molar-refractivity contribution is 5.96. The molecular weight excluding hydrogens is 306 g/mol. The van der Waals surface area contributed by atoms with Gasteiger partial charge in [-0.25, -0.2) is 0 Å². The van der Waals surface area contributed by atoms with Crippen LogP contribution in [0.5, 0.6) is 0 Å². The number of hydrogen-bond acceptors (Lipinski definition) is 4. The highest BCUT2D eigenvalue weighted by Gasteiger charge is 2.78. The number of carbonyl (C=O) groups excluding carboxylic acids is 1. The van der Waals surface area contributed by atoms with E-state index < -0.39 is 10.5 Å². The summed E-state index contributed by atoms with van der Waals surface area (Å²) in [6, 6.07) is 8.27. The molecule has 2 saturated carbocycles. The molecule has 4 bridgehead atoms. The first-order valence-corrected chi connectivity index (χ1v) is 8.27. The van der Waals surface area contributed by atoms with E-state index >= 15 is 0 Å². The van der Waals surface area contributed by atoms with E-state index in [2.05, 4.69) is 19.9 Å². The Morgan fingerprint density at radius 1 is 1.46 bits per heavy atom. The van der Waals surface area contributed by atoms with Crippen LogP contribution in [0.2, 0.25) is 0 Å². The molecule has 6 nitrogen and oxygen atoms in total. The van der Waals surface area contributed by atoms with Crippen molar-refractivity contribution in [3.8, 4) is 6.07 Å². The van der Waals surface area contributed by atoms with Crippen LogP contribution in [-0.2, 0) is 0 Å². The topological polar surface area (TPSA) is 87.2 Å². The number of benzene rings is 1. The lowest BCUT2D eigenvalue weighted by atomic mass is 9.66. The van der Waals surface area contributed by atoms with E-state index in [1.165, 1.54) is 18.2 Å². The van der Waals surface area contributed by atoms with Gasteiger partial charge < -0.3 is 4.90 Å². The normalized spacial score (nSPS) is 39.0. The first kappa shape index (κ1) is 15.1. The van der Waals surface area contributed by atoms with Crippen LogP contribution in [0.15, 0.2) is 24.3 Å². The first-order chi connectivity index (χ1) is 11.3. The maximum absolute atomic E-state index is 13.1. The Hall–Kier alpha value is -2.42. The van der Waals surface area contributed by atoms with E-state index in [9.17, 15) is 20.2 Å². The van der Waals surface area contributed by atoms with E-state index in [0.29, 0.717) is 12.5 Å². The van der Waals surface area contributed by atoms with Gasteiger partial charge in [-0.05, 0) is 36.7 Å². The molecule has 0 aromatic heterocycles. The van der Waals surface area contributed by atoms with Gasteiger partial charge >= 0.3 is 0 Å². The van der Waals surface area contributed by atoms with Crippen LogP contribution in [0, 0.1) is 38.2 Å². The van der Waals surface area contributed by atoms with Gasteiger partial charge in [-0.15, -0.1) is 0 Å². The molecule has 3 fully saturated rings. The predicted molar refractivity (Wildman–Crippen MR) is 86.0 cm³/mol. The van der Waals surface area contributed by atoms with Crippen LogP contribution in [0.3, 0.4) is 0 Å². The zero-order valence-electron chi connectivity index (χ0n) is 13.8. The summed E-state index contributed by atoms with van der Waals surface area (Å²) in [6.07, 6.45) is 2.80. The lowest BCUT2D eigenvalue weighted by Crippen LogP contribution is -2.54. The Balaban J connectivity index is 1.77. The molecule has 4 rings (SSSR count). The van der Waals surface area contributed by atoms with Gasteiger partial charge in [-0.2, -0.15) is 5.26 Å². The molecule has 0 radical (unpaired) electrons. The van der Waals surface area contributed by atoms with E-state index in [1.54, 1.807) is 11.0 Å². The molecule has 0 unspecified atom stereocenters. The predicted octanol–water partition coefficient (Wildman–Crippen LogP) is 3.14. The molecule has 124 valence electrons. The molecule has 1 heterocycles. The van der Waals surface area contributed by atoms with Gasteiger partial charge in [0, 0.05) is 29.7 Å². The number of nitro groups is 1. The molecule has 1 saturated heterocycles. The van der Waals surface area contributed by atoms with Gasteiger partial charge in [-0.1, -0.05) is 19.9 Å². The average Bonchev–Trinajstić information content (AvgIpc) is 3.03. The number of amides is 1. The second kappa shape index (κ2) is 4.35. The average molecular weight is 325 g/mol. The third-order valence-electron chi connectivity index (χ3n) is 7.29. The molecule has 1 aromatic carbocycles. The van der Waals surface area contributed by atoms with E-state index in [-0.39, 0.29) is 28.0 Å². The molecule has 1 aliphatic heterocycles. The molecule has 0 N–H and O–H groups in total. The maximum Gasteiger partial charge on any atom is 0.270 e. The summed E-state index contributed by atoms with van der Waals surface area (Å²) in [5, 5.41) is 21.0. The first-order valence-electron chi connectivity index (χ1n) is 8.27. The van der Waals surface area contributed by atoms with Crippen molar-refractivity contribution in [1.29, 1.82) is 5.26 Å². The number of piperidine rings is 1. The van der Waals surface area contributed by atoms with Crippen LogP contribution >= 0.6 is 0 Å². The minimum atomic E-state index is -0.785. The summed E-state index contributed by atoms with van der Waals surface area (Å²) in [4.78, 5) is 25.3. The molecule has 1 aromatic rings. The lowest BCUT2D eigenvalue weighted by Gasteiger charge is -2.43. The van der Waals surface area contributed by atoms with Crippen LogP contribution in [0.4, 0.5) is 5.69 Å². The fourth-order valence-electron chi connectivity index (χ4n) is 5.66. The van der Waals surface area contributed by atoms with Crippen molar-refractivity contribution in [3.63, 3.8) is 0 Å². The second-order valence-corrected chi connectivity index (χ2v) is 7.86. The molecule has 3 aliphatic rings. The summed E-state index contributed by atoms with van der Waals surface area (Å²) < 4.78 is 0. The molecular formula is C18H19N3O3. The van der Waals surface area contributed by atoms with Gasteiger partial charge in [0.1, 0.15) is 5.54 Å². The van der Waals surface area contributed by atoms with Crippen molar-refractivity contribution in [3.05, 3.63) is 39.9 Å². The summed E-state index contributed by atoms with van der Waals surface area (Å²) in [5.41, 5.74) is -0.842. The number of rotatable bonds is 2. The van der Waals surface area contributed by atoms with Crippen molar-refractivity contribution in [2.45, 2.75) is 38.6 Å². The van der Waals surface area contributed by atoms with Crippen LogP contribution in [0.25, 0.3) is 0 Å². The number of non-ortho nitro benzene ring substituents is 1. The Bertz CT molecular complexity index is 816. The smallest absolute Gasteiger partial charge is 0.270 e. The van der Waals surface area contributed by atoms with Crippen molar-refractivity contribution in [2.24, 2.45) is 16.7 Å². The van der Waals surface area contributed by atoms with Crippen LogP contribution in [-0.4, -0.2) is 27.8 Å². The molecule has 1 amide bonds. The SMILES string of the molecule is C[C@]12CC[C@@H]3C[C@]1(C#N)N(C(=O)c1cccc([N+](=O)[O-])c1)C[C@@]32C. The molecule has 24 heavy (non-hydrogen) atoms. The molecule has 6 heteroatoms. The third kappa shape index (κ3) is 1.44. The van der Waals surface area contributed by atoms with Crippen molar-refractivity contribution < 1.29 is 9.72 Å². The van der Waals surface area contributed by atoms with Crippen molar-refractivity contribution in [1.82, 2.24) is 4.90 Å². The number of nitrogens with zero attached hydrogens (tertiary/aromatic N) is 3. The largest absolute Gasteiger partial charge is 0.319 e. The van der Waals surface area contributed by atoms with Gasteiger partial charge in [0.15, 0.2) is 0 Å². The monoisotopic (exact) mass is 325 g/mol. The zero-order valence-corrected chi connectivity index (χ0v) is 13.8. The van der Waals surface area contributed by atoms with E-state index in [4.69, 9.17) is 0 Å². The Kier molecular flexibility index (Phi) is 2.74. The lowest BCUT2D eigenvalue weighted by molar-refractivity contribution is -0.384. The standard InChI is InChI=1S/C18H19N3O3/c1-16-11-20(15(22)12-4-3-5-14(8-12)21(23)24)18(10-19)9-13(16)6-7-17(16,18)2/h3-5,8,13H,6-7,9,11H2,1-2H3/t13-,16+,17-,18-/m1/s1. The number of nitriles is 1. The highest BCUT2D eigenvalue weighted by Crippen LogP contribution is 2.75. The molecule has 0 spiro atoms. The fourth-order valence-corrected chi connectivity index (χ4v) is 5.66. The quantitative estimate of drug-likeness (QED) is 0.617. The van der Waals surface area contributed by atoms with Crippen molar-refractivity contribution in [2.75, 3.05) is 6.54 Å². The van der Waals surface area contributed by atoms with Gasteiger partial charge in [0.25, 0.3) is 11.6 Å². The fraction of sp³-hybridized carbons (Fsp3) is 0.556. The van der Waals surface area contributed by atoms with Gasteiger partial charge in [0.05, 0.1) is 11.0 Å². The number of hydrogen-bond donors (Lipinski definition) is 0. The zero-order chi connectivity index (χ0) is 17.3. The number of carbonyl (C=O) groups is 1. The molecule has 4 atom stereocenters. The highest BCUT2D eigenvalue weighted by atomic mass is 16.6. The Labute approximate surface area is 140 Å². The minimum absolute atomic E-state index is 0.0426. The summed E-state index contributed by atoms with van der Waals surface area (Å²) in [6.45, 7) is 4.90. The number of nitro benzene ring substituents is 1. The Morgan fingerprint density at radius 2 is 2.21 bits per heavy atom. The van der Waals surface area contributed by atoms with Crippen LogP contribution < -0.4 is 0 Å². The Morgan fingerprint density at radius 3 is 2.83 bits per heavy atom. The minimum Gasteiger partial charge on any atom is -0.319 e. The summed E-state index contributed by atoms with van der Waals surface area (Å²) in [7, 11) is 0. The van der Waals surface area contributed by atoms with E-state index in [1.807, 2.05) is 0 Å². The maximum atomic E-state index is 13.1. The van der Waals surface area contributed by atoms with E-state index in [0.717, 1.165) is 19.3 Å². The van der Waals surface area contributed by atoms with Gasteiger partial charge in [0.2, 0.25) is 0 Å². The third-order valence-corrected chi connectivity index (χ3v) is 7.29. The summed E-state index contributed by atoms with van der Waals surface area (Å²) in [5.74, 6) is 0.215. The van der Waals surface area contributed by atoms with Gasteiger partial charge in [-0.3, -0.25) is 14.9 Å². The van der Waals surface area contributed by atoms with Crippen molar-refractivity contribution >= 4 is 11.6 Å². The van der Waals surface area contributed by atoms with Crippen LogP contribution in [0.1, 0.15) is 43.5 Å². The summed E-state index contributed by atoms with van der Waals surface area (Å²) >= 11 is 0.